The van der Waals surface area contributed by atoms with E-state index in [4.69, 9.17) is 0 Å². The van der Waals surface area contributed by atoms with Gasteiger partial charge < -0.3 is 10.0 Å². The first-order chi connectivity index (χ1) is 6.47. The lowest BCUT2D eigenvalue weighted by atomic mass is 9.98. The van der Waals surface area contributed by atoms with Gasteiger partial charge in [-0.3, -0.25) is 0 Å². The van der Waals surface area contributed by atoms with Crippen molar-refractivity contribution in [2.24, 2.45) is 5.92 Å². The minimum absolute atomic E-state index is 0.527. The number of aliphatic hydroxyl groups is 1. The van der Waals surface area contributed by atoms with Gasteiger partial charge in [0.25, 0.3) is 0 Å². The molecule has 0 aromatic rings. The zero-order valence-electron chi connectivity index (χ0n) is 10.5. The van der Waals surface area contributed by atoms with E-state index in [0.717, 1.165) is 25.6 Å². The molecule has 14 heavy (non-hydrogen) atoms. The smallest absolute Gasteiger partial charge is 0.0718 e. The molecule has 2 nitrogen and oxygen atoms in total. The first-order valence-electron chi connectivity index (χ1n) is 5.92. The Labute approximate surface area is 89.3 Å². The third-order valence-corrected chi connectivity index (χ3v) is 2.49. The van der Waals surface area contributed by atoms with Crippen LogP contribution in [0.3, 0.4) is 0 Å². The van der Waals surface area contributed by atoms with E-state index in [-0.39, 0.29) is 0 Å². The zero-order valence-corrected chi connectivity index (χ0v) is 10.5. The van der Waals surface area contributed by atoms with E-state index in [1.807, 2.05) is 27.7 Å². The molecular formula is C12H27NO. The molecule has 1 aliphatic rings. The zero-order chi connectivity index (χ0) is 11.2. The Kier molecular flexibility index (Phi) is 6.38. The number of hydrogen-bond acceptors (Lipinski definition) is 2. The first-order valence-corrected chi connectivity index (χ1v) is 5.92. The summed E-state index contributed by atoms with van der Waals surface area (Å²) in [7, 11) is 0. The maximum atomic E-state index is 9.59. The van der Waals surface area contributed by atoms with Crippen molar-refractivity contribution in [3.05, 3.63) is 0 Å². The van der Waals surface area contributed by atoms with Crippen molar-refractivity contribution in [2.45, 2.75) is 53.1 Å². The largest absolute Gasteiger partial charge is 0.389 e. The molecule has 1 heterocycles. The normalized spacial score (nSPS) is 20.1. The topological polar surface area (TPSA) is 23.5 Å². The Bertz CT molecular complexity index is 132. The second-order valence-electron chi connectivity index (χ2n) is 4.77. The van der Waals surface area contributed by atoms with Gasteiger partial charge >= 0.3 is 0 Å². The van der Waals surface area contributed by atoms with E-state index in [9.17, 15) is 5.11 Å². The van der Waals surface area contributed by atoms with Crippen LogP contribution in [0.1, 0.15) is 47.5 Å². The molecule has 0 amide bonds. The van der Waals surface area contributed by atoms with E-state index in [2.05, 4.69) is 11.8 Å². The number of β-amino-alcohol motifs (C(OH)–C–C–N with tert-alkyl or cyclic N) is 1. The van der Waals surface area contributed by atoms with Gasteiger partial charge in [0.2, 0.25) is 0 Å². The van der Waals surface area contributed by atoms with Gasteiger partial charge in [-0.05, 0) is 45.7 Å². The van der Waals surface area contributed by atoms with E-state index in [0.29, 0.717) is 0 Å². The molecule has 1 fully saturated rings. The summed E-state index contributed by atoms with van der Waals surface area (Å²) in [6.45, 7) is 13.2. The van der Waals surface area contributed by atoms with Crippen LogP contribution >= 0.6 is 0 Å². The van der Waals surface area contributed by atoms with Crippen LogP contribution in [0.5, 0.6) is 0 Å². The van der Waals surface area contributed by atoms with Gasteiger partial charge in [0.1, 0.15) is 0 Å². The monoisotopic (exact) mass is 201 g/mol. The number of rotatable bonds is 2. The second kappa shape index (κ2) is 6.41. The lowest BCUT2D eigenvalue weighted by Crippen LogP contribution is -2.42. The molecule has 0 radical (unpaired) electrons. The number of nitrogens with zero attached hydrogens (tertiary/aromatic N) is 1. The second-order valence-corrected chi connectivity index (χ2v) is 4.77. The fourth-order valence-corrected chi connectivity index (χ4v) is 1.77. The lowest BCUT2D eigenvalue weighted by Gasteiger charge is -2.34. The molecule has 86 valence electrons. The Morgan fingerprint density at radius 2 is 1.64 bits per heavy atom. The average molecular weight is 201 g/mol. The fourth-order valence-electron chi connectivity index (χ4n) is 1.77. The quantitative estimate of drug-likeness (QED) is 0.742. The van der Waals surface area contributed by atoms with Crippen molar-refractivity contribution in [3.8, 4) is 0 Å². The predicted octanol–water partition coefficient (Wildman–Crippen LogP) is 2.52. The highest BCUT2D eigenvalue weighted by Gasteiger charge is 2.21. The van der Waals surface area contributed by atoms with Gasteiger partial charge in [0.15, 0.2) is 0 Å². The highest BCUT2D eigenvalue weighted by molar-refractivity contribution is 4.76. The van der Waals surface area contributed by atoms with Crippen molar-refractivity contribution in [2.75, 3.05) is 19.6 Å². The van der Waals surface area contributed by atoms with Crippen molar-refractivity contribution in [1.82, 2.24) is 4.90 Å². The Morgan fingerprint density at radius 1 is 1.21 bits per heavy atom. The molecule has 0 unspecified atom stereocenters. The van der Waals surface area contributed by atoms with Crippen LogP contribution in [0.25, 0.3) is 0 Å². The van der Waals surface area contributed by atoms with Gasteiger partial charge in [0.05, 0.1) is 5.60 Å². The van der Waals surface area contributed by atoms with Crippen LogP contribution in [0, 0.1) is 5.92 Å². The summed E-state index contributed by atoms with van der Waals surface area (Å²) in [5, 5.41) is 9.59. The molecule has 0 spiro atoms. The molecule has 1 aliphatic heterocycles. The van der Waals surface area contributed by atoms with E-state index < -0.39 is 5.60 Å². The standard InChI is InChI=1S/C10H21NO.C2H6/c1-9-4-6-11(7-5-9)8-10(2,3)12;1-2/h9,12H,4-8H2,1-3H3;1-2H3. The third-order valence-electron chi connectivity index (χ3n) is 2.49. The number of likely N-dealkylation sites (tertiary alicyclic amines) is 1. The summed E-state index contributed by atoms with van der Waals surface area (Å²) < 4.78 is 0. The van der Waals surface area contributed by atoms with E-state index in [1.54, 1.807) is 0 Å². The summed E-state index contributed by atoms with van der Waals surface area (Å²) in [6, 6.07) is 0. The van der Waals surface area contributed by atoms with Gasteiger partial charge in [0, 0.05) is 6.54 Å². The van der Waals surface area contributed by atoms with Crippen LogP contribution in [0.4, 0.5) is 0 Å². The molecule has 0 bridgehead atoms. The summed E-state index contributed by atoms with van der Waals surface area (Å²) in [4.78, 5) is 2.36. The molecule has 0 aliphatic carbocycles. The minimum Gasteiger partial charge on any atom is -0.389 e. The molecule has 0 aromatic carbocycles. The molecule has 2 heteroatoms. The van der Waals surface area contributed by atoms with Gasteiger partial charge in [-0.15, -0.1) is 0 Å². The number of piperidine rings is 1. The van der Waals surface area contributed by atoms with E-state index >= 15 is 0 Å². The lowest BCUT2D eigenvalue weighted by molar-refractivity contribution is 0.0255. The number of hydrogen-bond donors (Lipinski definition) is 1. The van der Waals surface area contributed by atoms with Crippen molar-refractivity contribution in [3.63, 3.8) is 0 Å². The highest BCUT2D eigenvalue weighted by Crippen LogP contribution is 2.17. The summed E-state index contributed by atoms with van der Waals surface area (Å²) in [6.07, 6.45) is 2.58. The van der Waals surface area contributed by atoms with Crippen LogP contribution < -0.4 is 0 Å². The maximum Gasteiger partial charge on any atom is 0.0718 e. The highest BCUT2D eigenvalue weighted by atomic mass is 16.3. The summed E-state index contributed by atoms with van der Waals surface area (Å²) in [5.41, 5.74) is -0.527. The van der Waals surface area contributed by atoms with Crippen LogP contribution in [-0.4, -0.2) is 35.2 Å². The van der Waals surface area contributed by atoms with Crippen LogP contribution in [0.2, 0.25) is 0 Å². The molecule has 1 N–H and O–H groups in total. The average Bonchev–Trinajstić information content (AvgIpc) is 2.10. The van der Waals surface area contributed by atoms with Gasteiger partial charge in [-0.2, -0.15) is 0 Å². The maximum absolute atomic E-state index is 9.59. The van der Waals surface area contributed by atoms with Gasteiger partial charge in [-0.1, -0.05) is 20.8 Å². The molecule has 0 aromatic heterocycles. The van der Waals surface area contributed by atoms with Crippen molar-refractivity contribution < 1.29 is 5.11 Å². The van der Waals surface area contributed by atoms with Gasteiger partial charge in [-0.25, -0.2) is 0 Å². The molecule has 0 saturated carbocycles. The first kappa shape index (κ1) is 13.9. The Balaban J connectivity index is 0.000000791. The minimum atomic E-state index is -0.527. The van der Waals surface area contributed by atoms with Crippen molar-refractivity contribution >= 4 is 0 Å². The summed E-state index contributed by atoms with van der Waals surface area (Å²) in [5.74, 6) is 0.878. The molecule has 1 rings (SSSR count). The summed E-state index contributed by atoms with van der Waals surface area (Å²) >= 11 is 0. The Morgan fingerprint density at radius 3 is 2.00 bits per heavy atom. The van der Waals surface area contributed by atoms with Crippen LogP contribution in [0.15, 0.2) is 0 Å². The third kappa shape index (κ3) is 6.39. The van der Waals surface area contributed by atoms with Crippen LogP contribution in [-0.2, 0) is 0 Å². The van der Waals surface area contributed by atoms with E-state index in [1.165, 1.54) is 12.8 Å². The fraction of sp³-hybridized carbons (Fsp3) is 1.00. The van der Waals surface area contributed by atoms with Crippen molar-refractivity contribution in [1.29, 1.82) is 0 Å². The Hall–Kier alpha value is -0.0800. The molecular weight excluding hydrogens is 174 g/mol. The molecule has 1 saturated heterocycles. The predicted molar refractivity (Wildman–Crippen MR) is 62.5 cm³/mol. The molecule has 0 atom stereocenters. The SMILES string of the molecule is CC.CC1CCN(CC(C)(C)O)CC1.